The number of nitrogens with two attached hydrogens (primary N) is 1. The van der Waals surface area contributed by atoms with E-state index in [0.29, 0.717) is 17.6 Å². The average molecular weight is 438 g/mol. The summed E-state index contributed by atoms with van der Waals surface area (Å²) >= 11 is 0. The van der Waals surface area contributed by atoms with E-state index in [-0.39, 0.29) is 5.92 Å². The van der Waals surface area contributed by atoms with Crippen molar-refractivity contribution in [1.82, 2.24) is 15.0 Å². The Morgan fingerprint density at radius 1 is 1.00 bits per heavy atom. The maximum atomic E-state index is 6.38. The number of aryl methyl sites for hydroxylation is 1. The van der Waals surface area contributed by atoms with Crippen molar-refractivity contribution in [1.29, 1.82) is 0 Å². The third kappa shape index (κ3) is 5.02. The zero-order valence-corrected chi connectivity index (χ0v) is 18.7. The maximum absolute atomic E-state index is 6.38. The number of aliphatic imine (C=N–C) groups is 1. The number of likely N-dealkylation sites (tertiary alicyclic amines) is 1. The van der Waals surface area contributed by atoms with Crippen LogP contribution in [0.3, 0.4) is 0 Å². The molecule has 166 valence electrons. The van der Waals surface area contributed by atoms with Crippen LogP contribution in [-0.2, 0) is 6.54 Å². The molecular formula is C27H27N5O. The predicted molar refractivity (Wildman–Crippen MR) is 131 cm³/mol. The number of benzene rings is 3. The Bertz CT molecular complexity index is 1230. The van der Waals surface area contributed by atoms with Crippen molar-refractivity contribution in [3.8, 4) is 22.8 Å². The molecule has 0 radical (unpaired) electrons. The first kappa shape index (κ1) is 21.1. The molecule has 1 aliphatic rings. The van der Waals surface area contributed by atoms with Crippen LogP contribution < -0.4 is 5.73 Å². The van der Waals surface area contributed by atoms with E-state index in [4.69, 9.17) is 10.3 Å². The van der Waals surface area contributed by atoms with E-state index >= 15 is 0 Å². The van der Waals surface area contributed by atoms with E-state index in [1.807, 2.05) is 54.6 Å². The summed E-state index contributed by atoms with van der Waals surface area (Å²) in [4.78, 5) is 11.6. The smallest absolute Gasteiger partial charge is 0.258 e. The van der Waals surface area contributed by atoms with Crippen LogP contribution >= 0.6 is 0 Å². The average Bonchev–Trinajstić information content (AvgIpc) is 3.51. The summed E-state index contributed by atoms with van der Waals surface area (Å²) in [6.45, 7) is 4.98. The van der Waals surface area contributed by atoms with E-state index in [9.17, 15) is 0 Å². The van der Waals surface area contributed by atoms with Gasteiger partial charge in [0.1, 0.15) is 5.84 Å². The van der Waals surface area contributed by atoms with Crippen molar-refractivity contribution in [3.05, 3.63) is 90.0 Å². The fraction of sp³-hybridized carbons (Fsp3) is 0.222. The Kier molecular flexibility index (Phi) is 6.00. The number of hydrogen-bond acceptors (Lipinski definition) is 5. The first-order valence-corrected chi connectivity index (χ1v) is 11.3. The lowest BCUT2D eigenvalue weighted by molar-refractivity contribution is 0.326. The minimum absolute atomic E-state index is 0.279. The van der Waals surface area contributed by atoms with Gasteiger partial charge in [-0.25, -0.2) is 4.99 Å². The molecule has 1 aromatic heterocycles. The predicted octanol–water partition coefficient (Wildman–Crippen LogP) is 5.22. The quantitative estimate of drug-likeness (QED) is 0.330. The molecule has 1 atom stereocenters. The Labute approximate surface area is 193 Å². The Balaban J connectivity index is 1.23. The number of nitrogens with zero attached hydrogens (tertiary/aromatic N) is 4. The standard InChI is InChI=1S/C27H27N5O/c1-19-7-9-21(10-8-19)26-30-27(33-31-26)22-11-13-24(14-12-22)29-25(28)23-15-16-32(18-23)17-20-5-3-2-4-6-20/h2-14,23H,15-18H2,1H3,(H2,28,29). The number of rotatable bonds is 6. The SMILES string of the molecule is Cc1ccc(-c2noc(-c3ccc(N=C(N)C4CCN(Cc5ccccc5)C4)cc3)n2)cc1. The van der Waals surface area contributed by atoms with Crippen LogP contribution in [0.2, 0.25) is 0 Å². The van der Waals surface area contributed by atoms with Gasteiger partial charge in [-0.2, -0.15) is 4.98 Å². The molecule has 2 heterocycles. The van der Waals surface area contributed by atoms with Gasteiger partial charge >= 0.3 is 0 Å². The molecule has 6 heteroatoms. The molecule has 1 saturated heterocycles. The van der Waals surface area contributed by atoms with Gasteiger partial charge in [0.15, 0.2) is 0 Å². The normalized spacial score (nSPS) is 16.9. The summed E-state index contributed by atoms with van der Waals surface area (Å²) in [6.07, 6.45) is 1.03. The molecule has 1 fully saturated rings. The molecule has 6 nitrogen and oxygen atoms in total. The highest BCUT2D eigenvalue weighted by atomic mass is 16.5. The second-order valence-corrected chi connectivity index (χ2v) is 8.58. The number of amidine groups is 1. The van der Waals surface area contributed by atoms with Gasteiger partial charge in [0.05, 0.1) is 5.69 Å². The summed E-state index contributed by atoms with van der Waals surface area (Å²) in [6, 6.07) is 26.4. The lowest BCUT2D eigenvalue weighted by Gasteiger charge is -2.16. The highest BCUT2D eigenvalue weighted by Crippen LogP contribution is 2.26. The highest BCUT2D eigenvalue weighted by molar-refractivity contribution is 5.86. The molecule has 5 rings (SSSR count). The van der Waals surface area contributed by atoms with Gasteiger partial charge in [-0.1, -0.05) is 65.3 Å². The van der Waals surface area contributed by atoms with Crippen molar-refractivity contribution in [2.45, 2.75) is 19.9 Å². The second-order valence-electron chi connectivity index (χ2n) is 8.58. The van der Waals surface area contributed by atoms with Crippen LogP contribution in [0.1, 0.15) is 17.5 Å². The van der Waals surface area contributed by atoms with E-state index in [0.717, 1.165) is 42.9 Å². The third-order valence-corrected chi connectivity index (χ3v) is 6.05. The largest absolute Gasteiger partial charge is 0.387 e. The van der Waals surface area contributed by atoms with Crippen molar-refractivity contribution in [2.75, 3.05) is 13.1 Å². The Morgan fingerprint density at radius 2 is 1.73 bits per heavy atom. The van der Waals surface area contributed by atoms with Gasteiger partial charge in [0.2, 0.25) is 5.82 Å². The van der Waals surface area contributed by atoms with Crippen molar-refractivity contribution in [2.24, 2.45) is 16.6 Å². The van der Waals surface area contributed by atoms with Crippen molar-refractivity contribution < 1.29 is 4.52 Å². The fourth-order valence-corrected chi connectivity index (χ4v) is 4.14. The van der Waals surface area contributed by atoms with E-state index in [1.54, 1.807) is 0 Å². The second kappa shape index (κ2) is 9.38. The van der Waals surface area contributed by atoms with Crippen molar-refractivity contribution >= 4 is 11.5 Å². The summed E-state index contributed by atoms with van der Waals surface area (Å²) in [5.41, 5.74) is 11.5. The van der Waals surface area contributed by atoms with Gasteiger partial charge in [0.25, 0.3) is 5.89 Å². The Hall–Kier alpha value is -3.77. The number of hydrogen-bond donors (Lipinski definition) is 1. The monoisotopic (exact) mass is 437 g/mol. The van der Waals surface area contributed by atoms with Crippen LogP contribution in [0.5, 0.6) is 0 Å². The molecular weight excluding hydrogens is 410 g/mol. The molecule has 0 saturated carbocycles. The van der Waals surface area contributed by atoms with Crippen LogP contribution in [0.25, 0.3) is 22.8 Å². The molecule has 0 aliphatic carbocycles. The molecule has 0 spiro atoms. The zero-order valence-electron chi connectivity index (χ0n) is 18.7. The lowest BCUT2D eigenvalue weighted by atomic mass is 10.1. The van der Waals surface area contributed by atoms with E-state index in [2.05, 4.69) is 51.2 Å². The third-order valence-electron chi connectivity index (χ3n) is 6.05. The zero-order chi connectivity index (χ0) is 22.6. The summed E-state index contributed by atoms with van der Waals surface area (Å²) in [5.74, 6) is 2.04. The molecule has 0 bridgehead atoms. The molecule has 1 unspecified atom stereocenters. The van der Waals surface area contributed by atoms with Gasteiger partial charge in [0, 0.05) is 30.1 Å². The first-order chi connectivity index (χ1) is 16.1. The van der Waals surface area contributed by atoms with Crippen LogP contribution in [0.15, 0.2) is 88.4 Å². The van der Waals surface area contributed by atoms with Crippen molar-refractivity contribution in [3.63, 3.8) is 0 Å². The molecule has 1 aliphatic heterocycles. The lowest BCUT2D eigenvalue weighted by Crippen LogP contribution is -2.27. The maximum Gasteiger partial charge on any atom is 0.258 e. The van der Waals surface area contributed by atoms with Crippen LogP contribution in [0.4, 0.5) is 5.69 Å². The summed E-state index contributed by atoms with van der Waals surface area (Å²) < 4.78 is 5.47. The Morgan fingerprint density at radius 3 is 2.48 bits per heavy atom. The van der Waals surface area contributed by atoms with Gasteiger partial charge in [-0.3, -0.25) is 4.90 Å². The molecule has 3 aromatic carbocycles. The molecule has 0 amide bonds. The van der Waals surface area contributed by atoms with E-state index in [1.165, 1.54) is 11.1 Å². The van der Waals surface area contributed by atoms with Gasteiger partial charge < -0.3 is 10.3 Å². The highest BCUT2D eigenvalue weighted by Gasteiger charge is 2.25. The molecule has 4 aromatic rings. The van der Waals surface area contributed by atoms with Crippen LogP contribution in [0, 0.1) is 12.8 Å². The first-order valence-electron chi connectivity index (χ1n) is 11.3. The summed E-state index contributed by atoms with van der Waals surface area (Å²) in [5, 5.41) is 4.11. The fourth-order valence-electron chi connectivity index (χ4n) is 4.14. The summed E-state index contributed by atoms with van der Waals surface area (Å²) in [7, 11) is 0. The molecule has 33 heavy (non-hydrogen) atoms. The number of aromatic nitrogens is 2. The van der Waals surface area contributed by atoms with E-state index < -0.39 is 0 Å². The minimum atomic E-state index is 0.279. The van der Waals surface area contributed by atoms with Crippen LogP contribution in [-0.4, -0.2) is 34.0 Å². The van der Waals surface area contributed by atoms with Gasteiger partial charge in [-0.05, 0) is 49.7 Å². The topological polar surface area (TPSA) is 80.5 Å². The molecule has 2 N–H and O–H groups in total. The minimum Gasteiger partial charge on any atom is -0.387 e. The van der Waals surface area contributed by atoms with Gasteiger partial charge in [-0.15, -0.1) is 0 Å².